The number of carbonyl (C=O) groups excluding carboxylic acids is 1. The Balaban J connectivity index is 2.28. The Morgan fingerprint density at radius 1 is 1.17 bits per heavy atom. The van der Waals surface area contributed by atoms with E-state index in [1.54, 1.807) is 18.2 Å². The third-order valence-corrected chi connectivity index (χ3v) is 2.69. The summed E-state index contributed by atoms with van der Waals surface area (Å²) in [5.41, 5.74) is 1.13. The summed E-state index contributed by atoms with van der Waals surface area (Å²) in [4.78, 5) is 10.8. The van der Waals surface area contributed by atoms with Crippen LogP contribution < -0.4 is 4.74 Å². The monoisotopic (exact) mass is 244 g/mol. The van der Waals surface area contributed by atoms with Crippen LogP contribution in [-0.4, -0.2) is 6.29 Å². The minimum Gasteiger partial charge on any atom is -0.457 e. The molecule has 0 saturated heterocycles. The van der Waals surface area contributed by atoms with Crippen LogP contribution >= 0.6 is 0 Å². The summed E-state index contributed by atoms with van der Waals surface area (Å²) in [6.07, 6.45) is 1.41. The summed E-state index contributed by atoms with van der Waals surface area (Å²) < 4.78 is 18.9. The van der Waals surface area contributed by atoms with Crippen LogP contribution in [-0.2, 0) is 6.42 Å². The maximum absolute atomic E-state index is 13.4. The molecular formula is C15H13FO2. The Kier molecular flexibility index (Phi) is 3.72. The molecule has 0 atom stereocenters. The van der Waals surface area contributed by atoms with E-state index in [-0.39, 0.29) is 11.3 Å². The predicted molar refractivity (Wildman–Crippen MR) is 67.7 cm³/mol. The smallest absolute Gasteiger partial charge is 0.156 e. The molecule has 0 bridgehead atoms. The minimum atomic E-state index is -0.576. The molecule has 0 radical (unpaired) electrons. The van der Waals surface area contributed by atoms with Gasteiger partial charge >= 0.3 is 0 Å². The van der Waals surface area contributed by atoms with E-state index < -0.39 is 5.82 Å². The van der Waals surface area contributed by atoms with Crippen LogP contribution in [0, 0.1) is 5.82 Å². The van der Waals surface area contributed by atoms with Gasteiger partial charge in [0.25, 0.3) is 0 Å². The highest BCUT2D eigenvalue weighted by atomic mass is 19.1. The van der Waals surface area contributed by atoms with Gasteiger partial charge in [0.1, 0.15) is 17.3 Å². The van der Waals surface area contributed by atoms with Gasteiger partial charge in [0, 0.05) is 0 Å². The van der Waals surface area contributed by atoms with Gasteiger partial charge in [0.15, 0.2) is 6.29 Å². The summed E-state index contributed by atoms with van der Waals surface area (Å²) >= 11 is 0. The number of aryl methyl sites for hydroxylation is 1. The first-order valence-corrected chi connectivity index (χ1v) is 5.75. The molecule has 92 valence electrons. The van der Waals surface area contributed by atoms with Gasteiger partial charge in [-0.25, -0.2) is 4.39 Å². The number of carbonyl (C=O) groups is 1. The van der Waals surface area contributed by atoms with Gasteiger partial charge in [0.05, 0.1) is 5.56 Å². The standard InChI is InChI=1S/C15H13FO2/c1-2-11-6-8-12(9-7-11)18-15-5-3-4-14(16)13(15)10-17/h3-10H,2H2,1H3. The van der Waals surface area contributed by atoms with Crippen molar-refractivity contribution in [2.75, 3.05) is 0 Å². The summed E-state index contributed by atoms with van der Waals surface area (Å²) in [6.45, 7) is 2.06. The van der Waals surface area contributed by atoms with Gasteiger partial charge in [-0.1, -0.05) is 25.1 Å². The van der Waals surface area contributed by atoms with E-state index >= 15 is 0 Å². The molecule has 3 heteroatoms. The van der Waals surface area contributed by atoms with E-state index in [4.69, 9.17) is 4.74 Å². The molecule has 0 heterocycles. The lowest BCUT2D eigenvalue weighted by molar-refractivity contribution is 0.111. The molecule has 0 fully saturated rings. The average Bonchev–Trinajstić information content (AvgIpc) is 2.40. The normalized spacial score (nSPS) is 10.1. The highest BCUT2D eigenvalue weighted by Gasteiger charge is 2.09. The Labute approximate surface area is 105 Å². The molecule has 0 aliphatic heterocycles. The topological polar surface area (TPSA) is 26.3 Å². The molecule has 0 amide bonds. The van der Waals surface area contributed by atoms with E-state index in [9.17, 15) is 9.18 Å². The number of hydrogen-bond acceptors (Lipinski definition) is 2. The fraction of sp³-hybridized carbons (Fsp3) is 0.133. The molecule has 2 aromatic carbocycles. The molecule has 0 aliphatic carbocycles. The van der Waals surface area contributed by atoms with Crippen molar-refractivity contribution in [2.24, 2.45) is 0 Å². The van der Waals surface area contributed by atoms with Gasteiger partial charge in [-0.05, 0) is 36.2 Å². The van der Waals surface area contributed by atoms with Crippen LogP contribution in [0.3, 0.4) is 0 Å². The van der Waals surface area contributed by atoms with Crippen LogP contribution in [0.1, 0.15) is 22.8 Å². The Hall–Kier alpha value is -2.16. The number of hydrogen-bond donors (Lipinski definition) is 0. The largest absolute Gasteiger partial charge is 0.457 e. The van der Waals surface area contributed by atoms with Gasteiger partial charge in [-0.15, -0.1) is 0 Å². The van der Waals surface area contributed by atoms with Gasteiger partial charge in [0.2, 0.25) is 0 Å². The maximum Gasteiger partial charge on any atom is 0.156 e. The summed E-state index contributed by atoms with van der Waals surface area (Å²) in [7, 11) is 0. The molecule has 2 aromatic rings. The maximum atomic E-state index is 13.4. The van der Waals surface area contributed by atoms with Gasteiger partial charge in [-0.3, -0.25) is 4.79 Å². The molecule has 0 spiro atoms. The second kappa shape index (κ2) is 5.45. The molecule has 0 aliphatic rings. The third-order valence-electron chi connectivity index (χ3n) is 2.69. The van der Waals surface area contributed by atoms with Crippen LogP contribution in [0.5, 0.6) is 11.5 Å². The zero-order valence-electron chi connectivity index (χ0n) is 10.0. The molecule has 0 N–H and O–H groups in total. The number of benzene rings is 2. The minimum absolute atomic E-state index is 0.0583. The Morgan fingerprint density at radius 2 is 1.89 bits per heavy atom. The van der Waals surface area contributed by atoms with E-state index in [2.05, 4.69) is 6.92 Å². The van der Waals surface area contributed by atoms with Crippen molar-refractivity contribution in [3.05, 3.63) is 59.4 Å². The first kappa shape index (κ1) is 12.3. The zero-order valence-corrected chi connectivity index (χ0v) is 10.0. The van der Waals surface area contributed by atoms with Crippen molar-refractivity contribution in [1.82, 2.24) is 0 Å². The summed E-state index contributed by atoms with van der Waals surface area (Å²) in [5.74, 6) is 0.239. The fourth-order valence-corrected chi connectivity index (χ4v) is 1.64. The average molecular weight is 244 g/mol. The molecule has 18 heavy (non-hydrogen) atoms. The third kappa shape index (κ3) is 2.56. The van der Waals surface area contributed by atoms with E-state index in [1.807, 2.05) is 12.1 Å². The Bertz CT molecular complexity index is 547. The summed E-state index contributed by atoms with van der Waals surface area (Å²) in [6, 6.07) is 11.8. The quantitative estimate of drug-likeness (QED) is 0.760. The molecule has 2 nitrogen and oxygen atoms in total. The number of aldehydes is 1. The van der Waals surface area contributed by atoms with Crippen molar-refractivity contribution in [3.8, 4) is 11.5 Å². The Morgan fingerprint density at radius 3 is 2.50 bits per heavy atom. The summed E-state index contributed by atoms with van der Waals surface area (Å²) in [5, 5.41) is 0. The zero-order chi connectivity index (χ0) is 13.0. The van der Waals surface area contributed by atoms with Crippen LogP contribution in [0.25, 0.3) is 0 Å². The van der Waals surface area contributed by atoms with E-state index in [1.165, 1.54) is 17.7 Å². The number of halogens is 1. The number of ether oxygens (including phenoxy) is 1. The predicted octanol–water partition coefficient (Wildman–Crippen LogP) is 3.99. The molecule has 0 aromatic heterocycles. The van der Waals surface area contributed by atoms with E-state index in [0.717, 1.165) is 6.42 Å². The second-order valence-corrected chi connectivity index (χ2v) is 3.87. The van der Waals surface area contributed by atoms with Crippen LogP contribution in [0.15, 0.2) is 42.5 Å². The SMILES string of the molecule is CCc1ccc(Oc2cccc(F)c2C=O)cc1. The second-order valence-electron chi connectivity index (χ2n) is 3.87. The van der Waals surface area contributed by atoms with Crippen molar-refractivity contribution < 1.29 is 13.9 Å². The van der Waals surface area contributed by atoms with Crippen molar-refractivity contribution in [3.63, 3.8) is 0 Å². The number of rotatable bonds is 4. The van der Waals surface area contributed by atoms with Crippen LogP contribution in [0.4, 0.5) is 4.39 Å². The highest BCUT2D eigenvalue weighted by Crippen LogP contribution is 2.26. The molecular weight excluding hydrogens is 231 g/mol. The lowest BCUT2D eigenvalue weighted by Gasteiger charge is -2.08. The van der Waals surface area contributed by atoms with Gasteiger partial charge < -0.3 is 4.74 Å². The lowest BCUT2D eigenvalue weighted by Crippen LogP contribution is -1.94. The first-order valence-electron chi connectivity index (χ1n) is 5.75. The van der Waals surface area contributed by atoms with Crippen molar-refractivity contribution >= 4 is 6.29 Å². The first-order chi connectivity index (χ1) is 8.74. The van der Waals surface area contributed by atoms with Crippen LogP contribution in [0.2, 0.25) is 0 Å². The molecule has 0 saturated carbocycles. The van der Waals surface area contributed by atoms with Gasteiger partial charge in [-0.2, -0.15) is 0 Å². The lowest BCUT2D eigenvalue weighted by atomic mass is 10.1. The van der Waals surface area contributed by atoms with Crippen molar-refractivity contribution in [2.45, 2.75) is 13.3 Å². The fourth-order valence-electron chi connectivity index (χ4n) is 1.64. The highest BCUT2D eigenvalue weighted by molar-refractivity contribution is 5.79. The van der Waals surface area contributed by atoms with E-state index in [0.29, 0.717) is 12.0 Å². The van der Waals surface area contributed by atoms with Crippen molar-refractivity contribution in [1.29, 1.82) is 0 Å². The molecule has 2 rings (SSSR count). The molecule has 0 unspecified atom stereocenters.